The number of nitrogens with two attached hydrogens (primary N) is 1. The molecule has 0 saturated carbocycles. The van der Waals surface area contributed by atoms with Crippen molar-refractivity contribution in [3.8, 4) is 5.75 Å². The lowest BCUT2D eigenvalue weighted by atomic mass is 9.95. The number of aliphatic hydroxyl groups excluding tert-OH is 1. The highest BCUT2D eigenvalue weighted by Gasteiger charge is 2.21. The molecule has 0 heterocycles. The van der Waals surface area contributed by atoms with E-state index in [2.05, 4.69) is 0 Å². The average molecular weight is 253 g/mol. The van der Waals surface area contributed by atoms with E-state index in [1.54, 1.807) is 0 Å². The molecular formula is C14H23NO3. The molecule has 0 amide bonds. The lowest BCUT2D eigenvalue weighted by Crippen LogP contribution is -2.37. The third kappa shape index (κ3) is 4.29. The molecule has 1 atom stereocenters. The smallest absolute Gasteiger partial charge is 0.124 e. The first-order chi connectivity index (χ1) is 8.65. The minimum atomic E-state index is -0.778. The van der Waals surface area contributed by atoms with Gasteiger partial charge in [-0.25, -0.2) is 0 Å². The summed E-state index contributed by atoms with van der Waals surface area (Å²) in [5.74, 6) is 0.702. The van der Waals surface area contributed by atoms with Crippen LogP contribution in [0.25, 0.3) is 0 Å². The molecule has 0 saturated heterocycles. The molecular weight excluding hydrogens is 230 g/mol. The van der Waals surface area contributed by atoms with Crippen molar-refractivity contribution in [2.75, 3.05) is 13.2 Å². The van der Waals surface area contributed by atoms with E-state index in [1.165, 1.54) is 0 Å². The molecule has 0 aromatic heterocycles. The minimum Gasteiger partial charge on any atom is -0.493 e. The van der Waals surface area contributed by atoms with Crippen LogP contribution in [-0.4, -0.2) is 29.0 Å². The summed E-state index contributed by atoms with van der Waals surface area (Å²) in [6.07, 6.45) is 2.01. The van der Waals surface area contributed by atoms with Crippen molar-refractivity contribution in [3.63, 3.8) is 0 Å². The van der Waals surface area contributed by atoms with E-state index >= 15 is 0 Å². The fraction of sp³-hybridized carbons (Fsp3) is 0.571. The maximum absolute atomic E-state index is 10.0. The Balaban J connectivity index is 2.38. The summed E-state index contributed by atoms with van der Waals surface area (Å²) in [4.78, 5) is 0. The van der Waals surface area contributed by atoms with E-state index in [0.29, 0.717) is 25.2 Å². The molecule has 0 radical (unpaired) electrons. The summed E-state index contributed by atoms with van der Waals surface area (Å²) < 4.78 is 5.60. The number of benzene rings is 1. The van der Waals surface area contributed by atoms with E-state index in [0.717, 1.165) is 12.0 Å². The van der Waals surface area contributed by atoms with Gasteiger partial charge in [-0.15, -0.1) is 0 Å². The van der Waals surface area contributed by atoms with Crippen molar-refractivity contribution >= 4 is 0 Å². The van der Waals surface area contributed by atoms with Gasteiger partial charge in [0, 0.05) is 12.1 Å². The summed E-state index contributed by atoms with van der Waals surface area (Å²) in [6.45, 7) is 2.68. The van der Waals surface area contributed by atoms with Crippen LogP contribution in [0.3, 0.4) is 0 Å². The summed E-state index contributed by atoms with van der Waals surface area (Å²) in [5, 5.41) is 19.1. The number of ether oxygens (including phenoxy) is 1. The SMILES string of the molecule is CCC(O)(CN)CCCOc1ccccc1CO. The van der Waals surface area contributed by atoms with Crippen molar-refractivity contribution in [1.29, 1.82) is 0 Å². The van der Waals surface area contributed by atoms with Gasteiger partial charge >= 0.3 is 0 Å². The second-order valence-corrected chi connectivity index (χ2v) is 4.50. The number of hydrogen-bond donors (Lipinski definition) is 3. The quantitative estimate of drug-likeness (QED) is 0.613. The summed E-state index contributed by atoms with van der Waals surface area (Å²) in [7, 11) is 0. The van der Waals surface area contributed by atoms with Crippen LogP contribution in [0, 0.1) is 0 Å². The molecule has 0 aliphatic carbocycles. The zero-order chi connectivity index (χ0) is 13.4. The fourth-order valence-corrected chi connectivity index (χ4v) is 1.78. The van der Waals surface area contributed by atoms with E-state index in [9.17, 15) is 5.11 Å². The lowest BCUT2D eigenvalue weighted by molar-refractivity contribution is 0.0308. The maximum Gasteiger partial charge on any atom is 0.124 e. The highest BCUT2D eigenvalue weighted by molar-refractivity contribution is 5.32. The van der Waals surface area contributed by atoms with Gasteiger partial charge in [-0.2, -0.15) is 0 Å². The van der Waals surface area contributed by atoms with Gasteiger partial charge in [0.15, 0.2) is 0 Å². The van der Waals surface area contributed by atoms with Crippen molar-refractivity contribution < 1.29 is 14.9 Å². The molecule has 1 unspecified atom stereocenters. The van der Waals surface area contributed by atoms with E-state index in [4.69, 9.17) is 15.6 Å². The first kappa shape index (κ1) is 15.0. The van der Waals surface area contributed by atoms with Gasteiger partial charge < -0.3 is 20.7 Å². The Morgan fingerprint density at radius 2 is 2.06 bits per heavy atom. The minimum absolute atomic E-state index is 0.0299. The van der Waals surface area contributed by atoms with Gasteiger partial charge in [-0.1, -0.05) is 25.1 Å². The Hall–Kier alpha value is -1.10. The molecule has 4 nitrogen and oxygen atoms in total. The first-order valence-electron chi connectivity index (χ1n) is 6.39. The Labute approximate surface area is 108 Å². The van der Waals surface area contributed by atoms with Crippen LogP contribution in [0.15, 0.2) is 24.3 Å². The Morgan fingerprint density at radius 1 is 1.33 bits per heavy atom. The second-order valence-electron chi connectivity index (χ2n) is 4.50. The molecule has 1 aromatic rings. The fourth-order valence-electron chi connectivity index (χ4n) is 1.78. The zero-order valence-corrected chi connectivity index (χ0v) is 10.9. The molecule has 18 heavy (non-hydrogen) atoms. The van der Waals surface area contributed by atoms with Crippen molar-refractivity contribution in [3.05, 3.63) is 29.8 Å². The van der Waals surface area contributed by atoms with Gasteiger partial charge in [-0.05, 0) is 25.3 Å². The summed E-state index contributed by atoms with van der Waals surface area (Å²) in [6, 6.07) is 7.40. The highest BCUT2D eigenvalue weighted by Crippen LogP contribution is 2.19. The molecule has 1 rings (SSSR count). The predicted octanol–water partition coefficient (Wildman–Crippen LogP) is 1.44. The van der Waals surface area contributed by atoms with Gasteiger partial charge in [0.05, 0.1) is 18.8 Å². The summed E-state index contributed by atoms with van der Waals surface area (Å²) in [5.41, 5.74) is 5.53. The van der Waals surface area contributed by atoms with E-state index in [1.807, 2.05) is 31.2 Å². The van der Waals surface area contributed by atoms with Crippen LogP contribution < -0.4 is 10.5 Å². The monoisotopic (exact) mass is 253 g/mol. The second kappa shape index (κ2) is 7.36. The van der Waals surface area contributed by atoms with Crippen LogP contribution in [-0.2, 0) is 6.61 Å². The third-order valence-corrected chi connectivity index (χ3v) is 3.23. The normalized spacial score (nSPS) is 14.2. The molecule has 0 aliphatic heterocycles. The van der Waals surface area contributed by atoms with Crippen molar-refractivity contribution in [2.24, 2.45) is 5.73 Å². The third-order valence-electron chi connectivity index (χ3n) is 3.23. The van der Waals surface area contributed by atoms with Crippen molar-refractivity contribution in [1.82, 2.24) is 0 Å². The molecule has 4 heteroatoms. The Kier molecular flexibility index (Phi) is 6.12. The van der Waals surface area contributed by atoms with Crippen molar-refractivity contribution in [2.45, 2.75) is 38.4 Å². The first-order valence-corrected chi connectivity index (χ1v) is 6.39. The van der Waals surface area contributed by atoms with Crippen LogP contribution in [0.5, 0.6) is 5.75 Å². The lowest BCUT2D eigenvalue weighted by Gasteiger charge is -2.24. The van der Waals surface area contributed by atoms with Crippen LogP contribution in [0.4, 0.5) is 0 Å². The molecule has 0 bridgehead atoms. The van der Waals surface area contributed by atoms with Crippen LogP contribution in [0.1, 0.15) is 31.7 Å². The molecule has 4 N–H and O–H groups in total. The number of aliphatic hydroxyl groups is 2. The number of hydrogen-bond acceptors (Lipinski definition) is 4. The van der Waals surface area contributed by atoms with Gasteiger partial charge in [0.1, 0.15) is 5.75 Å². The van der Waals surface area contributed by atoms with Crippen LogP contribution >= 0.6 is 0 Å². The predicted molar refractivity (Wildman–Crippen MR) is 71.4 cm³/mol. The molecule has 1 aromatic carbocycles. The van der Waals surface area contributed by atoms with Crippen LogP contribution in [0.2, 0.25) is 0 Å². The van der Waals surface area contributed by atoms with E-state index in [-0.39, 0.29) is 13.2 Å². The van der Waals surface area contributed by atoms with Gasteiger partial charge in [-0.3, -0.25) is 0 Å². The Bertz CT molecular complexity index is 351. The Morgan fingerprint density at radius 3 is 2.67 bits per heavy atom. The number of rotatable bonds is 8. The molecule has 102 valence electrons. The average Bonchev–Trinajstić information content (AvgIpc) is 2.43. The highest BCUT2D eigenvalue weighted by atomic mass is 16.5. The summed E-state index contributed by atoms with van der Waals surface area (Å²) >= 11 is 0. The molecule has 0 spiro atoms. The molecule has 0 aliphatic rings. The van der Waals surface area contributed by atoms with Gasteiger partial charge in [0.25, 0.3) is 0 Å². The largest absolute Gasteiger partial charge is 0.493 e. The standard InChI is InChI=1S/C14H23NO3/c1-2-14(17,11-15)8-5-9-18-13-7-4-3-6-12(13)10-16/h3-4,6-7,16-17H,2,5,8-11,15H2,1H3. The van der Waals surface area contributed by atoms with E-state index < -0.39 is 5.60 Å². The number of para-hydroxylation sites is 1. The topological polar surface area (TPSA) is 75.7 Å². The maximum atomic E-state index is 10.0. The molecule has 0 fully saturated rings. The zero-order valence-electron chi connectivity index (χ0n) is 10.9. The van der Waals surface area contributed by atoms with Gasteiger partial charge in [0.2, 0.25) is 0 Å².